The lowest BCUT2D eigenvalue weighted by molar-refractivity contribution is -0.144. The predicted octanol–water partition coefficient (Wildman–Crippen LogP) is 6.73. The predicted molar refractivity (Wildman–Crippen MR) is 177 cm³/mol. The van der Waals surface area contributed by atoms with Crippen molar-refractivity contribution in [1.82, 2.24) is 19.9 Å². The number of hydrogen-bond donors (Lipinski definition) is 1. The molecule has 51 heavy (non-hydrogen) atoms. The minimum absolute atomic E-state index is 0.115. The number of morpholine rings is 1. The van der Waals surface area contributed by atoms with Gasteiger partial charge in [0.15, 0.2) is 5.82 Å². The van der Waals surface area contributed by atoms with Crippen LogP contribution in [0.1, 0.15) is 61.0 Å². The Kier molecular flexibility index (Phi) is 10.8. The molecule has 3 aromatic rings. The average Bonchev–Trinajstić information content (AvgIpc) is 3.54. The second kappa shape index (κ2) is 15.0. The molecule has 5 heterocycles. The molecule has 3 fully saturated rings. The van der Waals surface area contributed by atoms with Crippen molar-refractivity contribution in [1.29, 1.82) is 0 Å². The summed E-state index contributed by atoms with van der Waals surface area (Å²) in [5, 5.41) is 9.69. The Morgan fingerprint density at radius 3 is 2.14 bits per heavy atom. The van der Waals surface area contributed by atoms with Gasteiger partial charge in [0.05, 0.1) is 54.5 Å². The third-order valence-corrected chi connectivity index (χ3v) is 10.3. The van der Waals surface area contributed by atoms with Crippen LogP contribution in [0.5, 0.6) is 0 Å². The molecule has 0 aliphatic carbocycles. The second-order valence-electron chi connectivity index (χ2n) is 13.3. The van der Waals surface area contributed by atoms with Crippen molar-refractivity contribution in [3.63, 3.8) is 0 Å². The van der Waals surface area contributed by atoms with E-state index in [2.05, 4.69) is 15.0 Å². The zero-order valence-electron chi connectivity index (χ0n) is 27.8. The molecule has 1 unspecified atom stereocenters. The Bertz CT molecular complexity index is 1650. The van der Waals surface area contributed by atoms with Crippen molar-refractivity contribution >= 4 is 35.0 Å². The molecular weight excluding hydrogens is 704 g/mol. The first-order valence-electron chi connectivity index (χ1n) is 16.9. The maximum absolute atomic E-state index is 13.8. The number of ether oxygens (including phenoxy) is 1. The number of halogens is 7. The Morgan fingerprint density at radius 1 is 0.941 bits per heavy atom. The van der Waals surface area contributed by atoms with Crippen molar-refractivity contribution in [3.05, 3.63) is 64.3 Å². The zero-order chi connectivity index (χ0) is 36.5. The highest BCUT2D eigenvalue weighted by Crippen LogP contribution is 2.43. The van der Waals surface area contributed by atoms with Crippen molar-refractivity contribution in [2.24, 2.45) is 11.8 Å². The fraction of sp³-hybridized carbons (Fsp3) is 0.559. The smallest absolute Gasteiger partial charge is 0.416 e. The van der Waals surface area contributed by atoms with Crippen LogP contribution in [0, 0.1) is 11.8 Å². The van der Waals surface area contributed by atoms with Gasteiger partial charge >= 0.3 is 18.3 Å². The molecule has 17 heteroatoms. The lowest BCUT2D eigenvalue weighted by atomic mass is 9.83. The number of carboxylic acids is 1. The van der Waals surface area contributed by atoms with Crippen LogP contribution in [0.4, 0.5) is 43.8 Å². The van der Waals surface area contributed by atoms with Crippen LogP contribution < -0.4 is 14.7 Å². The maximum atomic E-state index is 13.8. The summed E-state index contributed by atoms with van der Waals surface area (Å²) in [5.74, 6) is -1.05. The molecule has 0 spiro atoms. The van der Waals surface area contributed by atoms with Crippen LogP contribution in [0.15, 0.2) is 36.8 Å². The number of aliphatic carboxylic acids is 1. The Labute approximate surface area is 295 Å². The summed E-state index contributed by atoms with van der Waals surface area (Å²) in [6.07, 6.45) is -3.29. The van der Waals surface area contributed by atoms with Gasteiger partial charge in [-0.05, 0) is 61.8 Å². The molecule has 3 aliphatic rings. The van der Waals surface area contributed by atoms with E-state index in [1.165, 1.54) is 6.20 Å². The molecular formula is C34H38ClF6N7O3. The number of hydrogen-bond acceptors (Lipinski definition) is 9. The number of piperidine rings is 1. The summed E-state index contributed by atoms with van der Waals surface area (Å²) in [6, 6.07) is 1.57. The van der Waals surface area contributed by atoms with Gasteiger partial charge in [-0.1, -0.05) is 18.5 Å². The summed E-state index contributed by atoms with van der Waals surface area (Å²) in [7, 11) is 0. The quantitative estimate of drug-likeness (QED) is 0.238. The number of benzene rings is 1. The first-order chi connectivity index (χ1) is 24.2. The number of alkyl halides is 6. The van der Waals surface area contributed by atoms with Gasteiger partial charge in [0.1, 0.15) is 10.8 Å². The number of anilines is 3. The Balaban J connectivity index is 1.33. The van der Waals surface area contributed by atoms with Crippen LogP contribution in [-0.2, 0) is 28.3 Å². The van der Waals surface area contributed by atoms with Gasteiger partial charge in [0.25, 0.3) is 0 Å². The summed E-state index contributed by atoms with van der Waals surface area (Å²) >= 11 is 6.67. The van der Waals surface area contributed by atoms with E-state index in [0.717, 1.165) is 17.8 Å². The van der Waals surface area contributed by atoms with Crippen LogP contribution in [0.25, 0.3) is 0 Å². The average molecular weight is 742 g/mol. The molecule has 3 saturated heterocycles. The summed E-state index contributed by atoms with van der Waals surface area (Å²) in [5.41, 5.74) is -2.13. The first kappa shape index (κ1) is 36.9. The fourth-order valence-electron chi connectivity index (χ4n) is 7.29. The highest BCUT2D eigenvalue weighted by atomic mass is 35.5. The number of rotatable bonds is 9. The highest BCUT2D eigenvalue weighted by Gasteiger charge is 2.41. The van der Waals surface area contributed by atoms with Gasteiger partial charge < -0.3 is 24.5 Å². The fourth-order valence-corrected chi connectivity index (χ4v) is 7.49. The van der Waals surface area contributed by atoms with E-state index in [1.54, 1.807) is 12.4 Å². The maximum Gasteiger partial charge on any atom is 0.416 e. The normalized spacial score (nSPS) is 21.3. The highest BCUT2D eigenvalue weighted by molar-refractivity contribution is 6.32. The van der Waals surface area contributed by atoms with Crippen molar-refractivity contribution in [2.75, 3.05) is 60.6 Å². The van der Waals surface area contributed by atoms with Gasteiger partial charge in [-0.3, -0.25) is 4.79 Å². The molecule has 0 saturated carbocycles. The van der Waals surface area contributed by atoms with Gasteiger partial charge in [0, 0.05) is 44.7 Å². The summed E-state index contributed by atoms with van der Waals surface area (Å²) < 4.78 is 88.5. The molecule has 2 aromatic heterocycles. The van der Waals surface area contributed by atoms with E-state index in [9.17, 15) is 36.2 Å². The standard InChI is InChI=1S/C34H38ClF6N7O3/c1-2-25-14-22(19-48(25)30-28(35)18-44-32(45-30)47-5-3-21(4-6-47)31(49)50)27(29-42-16-26(17-43-29)46-7-9-51-10-8-46)13-20-11-23(33(36,37)38)15-24(12-20)34(39,40)41/h11-12,15-18,21-22,25,27H,2-10,13-14,19H2,1H3,(H,49,50)/t22-,25+,27?/m0/s1. The van der Waals surface area contributed by atoms with Crippen LogP contribution >= 0.6 is 11.6 Å². The third-order valence-electron chi connectivity index (χ3n) is 10.1. The van der Waals surface area contributed by atoms with Gasteiger partial charge in [-0.25, -0.2) is 15.0 Å². The lowest BCUT2D eigenvalue weighted by Crippen LogP contribution is -2.38. The van der Waals surface area contributed by atoms with Crippen LogP contribution in [0.2, 0.25) is 5.02 Å². The largest absolute Gasteiger partial charge is 0.481 e. The molecule has 6 rings (SSSR count). The molecule has 276 valence electrons. The minimum Gasteiger partial charge on any atom is -0.481 e. The molecule has 0 radical (unpaired) electrons. The lowest BCUT2D eigenvalue weighted by Gasteiger charge is -2.32. The number of nitrogens with zero attached hydrogens (tertiary/aromatic N) is 7. The third kappa shape index (κ3) is 8.43. The monoisotopic (exact) mass is 741 g/mol. The SMILES string of the molecule is CC[C@@H]1C[C@H](C(Cc2cc(C(F)(F)F)cc(C(F)(F)F)c2)c2ncc(N3CCOCC3)cn2)CN1c1nc(N2CCC(C(=O)O)CC2)ncc1Cl. The molecule has 3 aliphatic heterocycles. The van der Waals surface area contributed by atoms with Gasteiger partial charge in [-0.2, -0.15) is 31.3 Å². The van der Waals surface area contributed by atoms with E-state index in [4.69, 9.17) is 21.3 Å². The van der Waals surface area contributed by atoms with E-state index in [0.29, 0.717) is 89.2 Å². The van der Waals surface area contributed by atoms with Crippen LogP contribution in [-0.4, -0.2) is 83.0 Å². The molecule has 1 N–H and O–H groups in total. The number of carbonyl (C=O) groups is 1. The van der Waals surface area contributed by atoms with Crippen molar-refractivity contribution < 1.29 is 41.0 Å². The van der Waals surface area contributed by atoms with Gasteiger partial charge in [0.2, 0.25) is 5.95 Å². The number of aromatic nitrogens is 4. The van der Waals surface area contributed by atoms with E-state index in [-0.39, 0.29) is 35.0 Å². The molecule has 1 aromatic carbocycles. The van der Waals surface area contributed by atoms with Crippen molar-refractivity contribution in [2.45, 2.75) is 63.3 Å². The molecule has 0 bridgehead atoms. The minimum atomic E-state index is -4.98. The summed E-state index contributed by atoms with van der Waals surface area (Å²) in [6.45, 7) is 5.55. The molecule has 10 nitrogen and oxygen atoms in total. The first-order valence-corrected chi connectivity index (χ1v) is 17.3. The van der Waals surface area contributed by atoms with Crippen LogP contribution in [0.3, 0.4) is 0 Å². The second-order valence-corrected chi connectivity index (χ2v) is 13.7. The molecule has 0 amide bonds. The van der Waals surface area contributed by atoms with Gasteiger partial charge in [-0.15, -0.1) is 0 Å². The van der Waals surface area contributed by atoms with E-state index < -0.39 is 41.3 Å². The molecule has 3 atom stereocenters. The Morgan fingerprint density at radius 2 is 1.57 bits per heavy atom. The van der Waals surface area contributed by atoms with E-state index >= 15 is 0 Å². The zero-order valence-corrected chi connectivity index (χ0v) is 28.6. The summed E-state index contributed by atoms with van der Waals surface area (Å²) in [4.78, 5) is 35.9. The number of carboxylic acid groups (broad SMARTS) is 1. The Hall–Kier alpha value is -3.92. The van der Waals surface area contributed by atoms with Crippen molar-refractivity contribution in [3.8, 4) is 0 Å². The topological polar surface area (TPSA) is 108 Å². The van der Waals surface area contributed by atoms with E-state index in [1.807, 2.05) is 21.6 Å².